The van der Waals surface area contributed by atoms with E-state index in [0.717, 1.165) is 17.6 Å². The van der Waals surface area contributed by atoms with Crippen molar-refractivity contribution in [3.05, 3.63) is 40.4 Å². The van der Waals surface area contributed by atoms with Gasteiger partial charge in [0, 0.05) is 17.5 Å². The molecule has 3 N–H and O–H groups in total. The summed E-state index contributed by atoms with van der Waals surface area (Å²) in [7, 11) is 0. The second kappa shape index (κ2) is 6.56. The van der Waals surface area contributed by atoms with Crippen LogP contribution < -0.4 is 20.8 Å². The third-order valence-electron chi connectivity index (χ3n) is 3.21. The molecule has 0 aliphatic rings. The van der Waals surface area contributed by atoms with E-state index < -0.39 is 0 Å². The largest absolute Gasteiger partial charge is 0.482 e. The topological polar surface area (TPSA) is 77.3 Å². The van der Waals surface area contributed by atoms with E-state index in [0.29, 0.717) is 17.0 Å². The van der Waals surface area contributed by atoms with Crippen molar-refractivity contribution in [2.45, 2.75) is 40.2 Å². The lowest BCUT2D eigenvalue weighted by Crippen LogP contribution is -2.17. The van der Waals surface area contributed by atoms with Crippen LogP contribution in [0.2, 0.25) is 0 Å². The number of nitrogens with one attached hydrogen (secondary N) is 1. The van der Waals surface area contributed by atoms with Gasteiger partial charge in [0.2, 0.25) is 5.75 Å². The fourth-order valence-electron chi connectivity index (χ4n) is 2.18. The number of hydrogen-bond donors (Lipinski definition) is 2. The molecular weight excluding hydrogens is 280 g/mol. The Morgan fingerprint density at radius 3 is 2.68 bits per heavy atom. The summed E-state index contributed by atoms with van der Waals surface area (Å²) in [5, 5.41) is 0.761. The first-order chi connectivity index (χ1) is 10.5. The molecule has 0 unspecified atom stereocenters. The van der Waals surface area contributed by atoms with Gasteiger partial charge in [-0.25, -0.2) is 0 Å². The van der Waals surface area contributed by atoms with Crippen LogP contribution in [0.4, 0.5) is 5.69 Å². The van der Waals surface area contributed by atoms with Gasteiger partial charge in [0.1, 0.15) is 0 Å². The highest BCUT2D eigenvalue weighted by molar-refractivity contribution is 5.89. The van der Waals surface area contributed by atoms with E-state index in [4.69, 9.17) is 15.2 Å². The summed E-state index contributed by atoms with van der Waals surface area (Å²) in [4.78, 5) is 15.1. The molecule has 0 aliphatic heterocycles. The smallest absolute Gasteiger partial charge is 0.294 e. The Kier molecular flexibility index (Phi) is 4.75. The average molecular weight is 302 g/mol. The maximum absolute atomic E-state index is 12.3. The van der Waals surface area contributed by atoms with Crippen LogP contribution in [0.1, 0.15) is 34.1 Å². The lowest BCUT2D eigenvalue weighted by molar-refractivity contribution is 0.228. The van der Waals surface area contributed by atoms with E-state index in [-0.39, 0.29) is 17.4 Å². The van der Waals surface area contributed by atoms with E-state index >= 15 is 0 Å². The fourth-order valence-corrected chi connectivity index (χ4v) is 2.18. The van der Waals surface area contributed by atoms with Crippen molar-refractivity contribution in [3.8, 4) is 11.5 Å². The molecule has 5 nitrogen and oxygen atoms in total. The lowest BCUT2D eigenvalue weighted by atomic mass is 10.1. The van der Waals surface area contributed by atoms with Gasteiger partial charge in [0.05, 0.1) is 17.4 Å². The third-order valence-corrected chi connectivity index (χ3v) is 3.21. The number of rotatable bonds is 5. The highest BCUT2D eigenvalue weighted by Gasteiger charge is 2.18. The maximum atomic E-state index is 12.3. The SMILES string of the molecule is CC=C(CC)Oc1c(OC(C)C)c(=O)[nH]c2cc(N)ccc12. The fraction of sp³-hybridized carbons (Fsp3) is 0.353. The zero-order valence-corrected chi connectivity index (χ0v) is 13.4. The average Bonchev–Trinajstić information content (AvgIpc) is 2.46. The molecule has 0 saturated heterocycles. The lowest BCUT2D eigenvalue weighted by Gasteiger charge is -2.17. The maximum Gasteiger partial charge on any atom is 0.294 e. The van der Waals surface area contributed by atoms with Gasteiger partial charge in [-0.2, -0.15) is 0 Å². The Balaban J connectivity index is 2.72. The van der Waals surface area contributed by atoms with Gasteiger partial charge < -0.3 is 20.2 Å². The van der Waals surface area contributed by atoms with Gasteiger partial charge >= 0.3 is 0 Å². The molecule has 5 heteroatoms. The third kappa shape index (κ3) is 3.24. The monoisotopic (exact) mass is 302 g/mol. The number of pyridine rings is 1. The summed E-state index contributed by atoms with van der Waals surface area (Å²) in [5.74, 6) is 1.40. The predicted octanol–water partition coefficient (Wildman–Crippen LogP) is 3.59. The second-order valence-corrected chi connectivity index (χ2v) is 5.29. The quantitative estimate of drug-likeness (QED) is 0.653. The highest BCUT2D eigenvalue weighted by atomic mass is 16.5. The number of aromatic amines is 1. The van der Waals surface area contributed by atoms with Crippen LogP contribution in [-0.4, -0.2) is 11.1 Å². The number of aromatic nitrogens is 1. The predicted molar refractivity (Wildman–Crippen MR) is 89.4 cm³/mol. The molecule has 0 spiro atoms. The first-order valence-corrected chi connectivity index (χ1v) is 7.41. The van der Waals surface area contributed by atoms with Crippen molar-refractivity contribution in [2.24, 2.45) is 0 Å². The molecule has 0 atom stereocenters. The van der Waals surface area contributed by atoms with Gasteiger partial charge in [-0.15, -0.1) is 0 Å². The second-order valence-electron chi connectivity index (χ2n) is 5.29. The molecule has 118 valence electrons. The highest BCUT2D eigenvalue weighted by Crippen LogP contribution is 2.34. The summed E-state index contributed by atoms with van der Waals surface area (Å²) in [5.41, 5.74) is 6.67. The minimum Gasteiger partial charge on any atom is -0.482 e. The zero-order valence-electron chi connectivity index (χ0n) is 13.4. The number of fused-ring (bicyclic) bond motifs is 1. The summed E-state index contributed by atoms with van der Waals surface area (Å²) in [6.07, 6.45) is 2.47. The zero-order chi connectivity index (χ0) is 16.3. The molecule has 0 aliphatic carbocycles. The van der Waals surface area contributed by atoms with Crippen LogP contribution in [0.25, 0.3) is 10.9 Å². The Bertz CT molecular complexity index is 760. The van der Waals surface area contributed by atoms with Crippen LogP contribution in [0, 0.1) is 0 Å². The first-order valence-electron chi connectivity index (χ1n) is 7.41. The Hall–Kier alpha value is -2.43. The molecule has 0 amide bonds. The number of ether oxygens (including phenoxy) is 2. The van der Waals surface area contributed by atoms with Crippen LogP contribution in [0.3, 0.4) is 0 Å². The Morgan fingerprint density at radius 1 is 1.36 bits per heavy atom. The number of nitrogen functional groups attached to an aromatic ring is 1. The molecule has 2 aromatic rings. The molecule has 22 heavy (non-hydrogen) atoms. The first kappa shape index (κ1) is 15.9. The van der Waals surface area contributed by atoms with Crippen molar-refractivity contribution in [2.75, 3.05) is 5.73 Å². The minimum absolute atomic E-state index is 0.134. The molecular formula is C17H22N2O3. The number of hydrogen-bond acceptors (Lipinski definition) is 4. The standard InChI is InChI=1S/C17H22N2O3/c1-5-12(6-2)22-15-13-8-7-11(18)9-14(13)19-17(20)16(15)21-10(3)4/h5,7-10H,6,18H2,1-4H3,(H,19,20). The molecule has 0 radical (unpaired) electrons. The van der Waals surface area contributed by atoms with Crippen molar-refractivity contribution in [3.63, 3.8) is 0 Å². The van der Waals surface area contributed by atoms with Crippen LogP contribution in [0.5, 0.6) is 11.5 Å². The summed E-state index contributed by atoms with van der Waals surface area (Å²) in [6, 6.07) is 5.31. The molecule has 1 aromatic carbocycles. The van der Waals surface area contributed by atoms with Crippen molar-refractivity contribution < 1.29 is 9.47 Å². The number of anilines is 1. The van der Waals surface area contributed by atoms with Crippen LogP contribution in [0.15, 0.2) is 34.8 Å². The van der Waals surface area contributed by atoms with Gasteiger partial charge in [-0.1, -0.05) is 6.92 Å². The summed E-state index contributed by atoms with van der Waals surface area (Å²) < 4.78 is 11.6. The van der Waals surface area contributed by atoms with E-state index in [1.807, 2.05) is 39.8 Å². The van der Waals surface area contributed by atoms with E-state index in [2.05, 4.69) is 4.98 Å². The number of nitrogens with two attached hydrogens (primary N) is 1. The summed E-state index contributed by atoms with van der Waals surface area (Å²) in [6.45, 7) is 7.63. The van der Waals surface area contributed by atoms with Crippen LogP contribution >= 0.6 is 0 Å². The molecule has 1 heterocycles. The van der Waals surface area contributed by atoms with Gasteiger partial charge in [0.25, 0.3) is 5.56 Å². The number of H-pyrrole nitrogens is 1. The number of allylic oxidation sites excluding steroid dienone is 2. The van der Waals surface area contributed by atoms with Crippen molar-refractivity contribution in [1.82, 2.24) is 4.98 Å². The Labute approximate surface area is 129 Å². The Morgan fingerprint density at radius 2 is 2.09 bits per heavy atom. The molecule has 0 fully saturated rings. The molecule has 1 aromatic heterocycles. The van der Waals surface area contributed by atoms with E-state index in [1.165, 1.54) is 0 Å². The van der Waals surface area contributed by atoms with Crippen molar-refractivity contribution in [1.29, 1.82) is 0 Å². The number of benzene rings is 1. The molecule has 2 rings (SSSR count). The van der Waals surface area contributed by atoms with E-state index in [9.17, 15) is 4.79 Å². The summed E-state index contributed by atoms with van der Waals surface area (Å²) >= 11 is 0. The normalized spacial score (nSPS) is 12.0. The molecule has 0 bridgehead atoms. The van der Waals surface area contributed by atoms with Gasteiger partial charge in [-0.3, -0.25) is 4.79 Å². The van der Waals surface area contributed by atoms with Crippen LogP contribution in [-0.2, 0) is 0 Å². The minimum atomic E-state index is -0.326. The van der Waals surface area contributed by atoms with Gasteiger partial charge in [-0.05, 0) is 45.0 Å². The van der Waals surface area contributed by atoms with Gasteiger partial charge in [0.15, 0.2) is 5.75 Å². The van der Waals surface area contributed by atoms with Crippen molar-refractivity contribution >= 4 is 16.6 Å². The van der Waals surface area contributed by atoms with E-state index in [1.54, 1.807) is 12.1 Å². The molecule has 0 saturated carbocycles.